The molecule has 68 valence electrons. The normalized spacial score (nSPS) is 19.8. The number of nitrogens with one attached hydrogen (secondary N) is 1. The van der Waals surface area contributed by atoms with Crippen LogP contribution in [-0.2, 0) is 4.79 Å². The zero-order valence-electron chi connectivity index (χ0n) is 7.37. The Bertz CT molecular complexity index is 367. The van der Waals surface area contributed by atoms with Crippen molar-refractivity contribution in [3.05, 3.63) is 16.6 Å². The zero-order chi connectivity index (χ0) is 9.47. The van der Waals surface area contributed by atoms with Crippen molar-refractivity contribution >= 4 is 23.1 Å². The molecule has 0 bridgehead atoms. The molecule has 0 aromatic carbocycles. The van der Waals surface area contributed by atoms with Crippen LogP contribution in [0, 0.1) is 0 Å². The summed E-state index contributed by atoms with van der Waals surface area (Å²) in [6.45, 7) is 3.56. The fourth-order valence-corrected chi connectivity index (χ4v) is 1.61. The number of nitrogens with zero attached hydrogens (tertiary/aromatic N) is 2. The Labute approximate surface area is 79.7 Å². The highest BCUT2D eigenvalue weighted by molar-refractivity contribution is 7.07. The van der Waals surface area contributed by atoms with Crippen LogP contribution >= 0.6 is 11.3 Å². The van der Waals surface area contributed by atoms with Gasteiger partial charge in [-0.3, -0.25) is 9.79 Å². The van der Waals surface area contributed by atoms with E-state index in [0.717, 1.165) is 5.69 Å². The number of carbonyl (C=O) groups is 1. The van der Waals surface area contributed by atoms with E-state index in [4.69, 9.17) is 0 Å². The van der Waals surface area contributed by atoms with Gasteiger partial charge in [-0.2, -0.15) is 0 Å². The average Bonchev–Trinajstić information content (AvgIpc) is 2.60. The molecule has 5 heteroatoms. The molecule has 2 heterocycles. The summed E-state index contributed by atoms with van der Waals surface area (Å²) >= 11 is 1.48. The van der Waals surface area contributed by atoms with Gasteiger partial charge in [0.25, 0.3) is 5.91 Å². The molecule has 0 aliphatic carbocycles. The number of aliphatic imine (C=N–C) groups is 1. The Morgan fingerprint density at radius 2 is 2.31 bits per heavy atom. The Morgan fingerprint density at radius 3 is 2.77 bits per heavy atom. The van der Waals surface area contributed by atoms with E-state index in [1.807, 2.05) is 5.38 Å². The third kappa shape index (κ3) is 1.35. The summed E-state index contributed by atoms with van der Waals surface area (Å²) in [7, 11) is 0. The molecule has 0 unspecified atom stereocenters. The van der Waals surface area contributed by atoms with Crippen molar-refractivity contribution in [2.45, 2.75) is 19.4 Å². The van der Waals surface area contributed by atoms with E-state index in [-0.39, 0.29) is 5.91 Å². The van der Waals surface area contributed by atoms with Crippen molar-refractivity contribution in [3.8, 4) is 0 Å². The smallest absolute Gasteiger partial charge is 0.252 e. The molecular weight excluding hydrogens is 186 g/mol. The summed E-state index contributed by atoms with van der Waals surface area (Å²) in [6, 6.07) is 0. The maximum Gasteiger partial charge on any atom is 0.252 e. The van der Waals surface area contributed by atoms with Crippen LogP contribution in [0.5, 0.6) is 0 Å². The highest BCUT2D eigenvalue weighted by Crippen LogP contribution is 2.17. The van der Waals surface area contributed by atoms with E-state index in [0.29, 0.717) is 5.84 Å². The second-order valence-corrected chi connectivity index (χ2v) is 4.07. The molecule has 0 fully saturated rings. The van der Waals surface area contributed by atoms with Crippen molar-refractivity contribution in [1.29, 1.82) is 0 Å². The number of rotatable bonds is 1. The molecule has 4 nitrogen and oxygen atoms in total. The number of carbonyl (C=O) groups excluding carboxylic acids is 1. The molecular formula is C8H9N3OS. The molecule has 1 aliphatic rings. The molecule has 0 spiro atoms. The van der Waals surface area contributed by atoms with E-state index in [2.05, 4.69) is 15.3 Å². The summed E-state index contributed by atoms with van der Waals surface area (Å²) in [5.74, 6) is 0.506. The lowest BCUT2D eigenvalue weighted by Crippen LogP contribution is -2.34. The second-order valence-electron chi connectivity index (χ2n) is 3.35. The van der Waals surface area contributed by atoms with E-state index >= 15 is 0 Å². The van der Waals surface area contributed by atoms with Gasteiger partial charge in [-0.1, -0.05) is 0 Å². The van der Waals surface area contributed by atoms with Gasteiger partial charge in [0, 0.05) is 5.38 Å². The first-order chi connectivity index (χ1) is 6.09. The fraction of sp³-hybridized carbons (Fsp3) is 0.375. The molecule has 13 heavy (non-hydrogen) atoms. The van der Waals surface area contributed by atoms with Gasteiger partial charge in [0.1, 0.15) is 11.2 Å². The maximum absolute atomic E-state index is 11.4. The lowest BCUT2D eigenvalue weighted by Gasteiger charge is -2.07. The number of aromatic nitrogens is 1. The minimum absolute atomic E-state index is 0.0736. The molecule has 0 atom stereocenters. The van der Waals surface area contributed by atoms with Crippen LogP contribution in [0.4, 0.5) is 0 Å². The number of thiazole rings is 1. The monoisotopic (exact) mass is 195 g/mol. The average molecular weight is 195 g/mol. The Morgan fingerprint density at radius 1 is 1.54 bits per heavy atom. The Hall–Kier alpha value is -1.23. The SMILES string of the molecule is CC1(C)N=C(c2cscn2)NC1=O. The van der Waals surface area contributed by atoms with Gasteiger partial charge in [-0.25, -0.2) is 4.98 Å². The molecule has 1 aliphatic heterocycles. The molecule has 1 aromatic heterocycles. The zero-order valence-corrected chi connectivity index (χ0v) is 8.18. The predicted octanol–water partition coefficient (Wildman–Crippen LogP) is 0.798. The minimum atomic E-state index is -0.654. The van der Waals surface area contributed by atoms with Crippen molar-refractivity contribution in [2.24, 2.45) is 4.99 Å². The fourth-order valence-electron chi connectivity index (χ4n) is 1.07. The quantitative estimate of drug-likeness (QED) is 0.720. The topological polar surface area (TPSA) is 54.4 Å². The summed E-state index contributed by atoms with van der Waals surface area (Å²) < 4.78 is 0. The summed E-state index contributed by atoms with van der Waals surface area (Å²) in [6.07, 6.45) is 0. The lowest BCUT2D eigenvalue weighted by atomic mass is 10.1. The number of amides is 1. The van der Waals surface area contributed by atoms with Crippen molar-refractivity contribution in [1.82, 2.24) is 10.3 Å². The second kappa shape index (κ2) is 2.63. The van der Waals surface area contributed by atoms with Crippen LogP contribution in [-0.4, -0.2) is 22.3 Å². The van der Waals surface area contributed by atoms with Crippen molar-refractivity contribution in [3.63, 3.8) is 0 Å². The van der Waals surface area contributed by atoms with Crippen LogP contribution in [0.25, 0.3) is 0 Å². The van der Waals surface area contributed by atoms with Gasteiger partial charge in [-0.05, 0) is 13.8 Å². The molecule has 1 aromatic rings. The van der Waals surface area contributed by atoms with E-state index in [9.17, 15) is 4.79 Å². The standard InChI is InChI=1S/C8H9N3OS/c1-8(2)7(12)10-6(11-8)5-3-13-4-9-5/h3-4H,1-2H3,(H,10,11,12). The van der Waals surface area contributed by atoms with Gasteiger partial charge in [0.05, 0.1) is 5.51 Å². The molecule has 0 saturated heterocycles. The minimum Gasteiger partial charge on any atom is -0.307 e. The third-order valence-electron chi connectivity index (χ3n) is 1.85. The van der Waals surface area contributed by atoms with Gasteiger partial charge in [0.2, 0.25) is 0 Å². The van der Waals surface area contributed by atoms with E-state index in [1.165, 1.54) is 11.3 Å². The lowest BCUT2D eigenvalue weighted by molar-refractivity contribution is -0.122. The van der Waals surface area contributed by atoms with Crippen LogP contribution < -0.4 is 5.32 Å². The van der Waals surface area contributed by atoms with Crippen LogP contribution in [0.2, 0.25) is 0 Å². The molecule has 1 amide bonds. The Kier molecular flexibility index (Phi) is 1.69. The van der Waals surface area contributed by atoms with Gasteiger partial charge >= 0.3 is 0 Å². The van der Waals surface area contributed by atoms with Crippen molar-refractivity contribution < 1.29 is 4.79 Å². The van der Waals surface area contributed by atoms with Crippen LogP contribution in [0.15, 0.2) is 15.9 Å². The highest BCUT2D eigenvalue weighted by atomic mass is 32.1. The summed E-state index contributed by atoms with van der Waals surface area (Å²) in [5.41, 5.74) is 1.80. The number of hydrogen-bond donors (Lipinski definition) is 1. The van der Waals surface area contributed by atoms with Gasteiger partial charge < -0.3 is 5.32 Å². The maximum atomic E-state index is 11.4. The number of amidine groups is 1. The molecule has 2 rings (SSSR count). The Balaban J connectivity index is 2.35. The summed E-state index contributed by atoms with van der Waals surface area (Å²) in [5, 5.41) is 4.56. The van der Waals surface area contributed by atoms with E-state index < -0.39 is 5.54 Å². The molecule has 0 saturated carbocycles. The third-order valence-corrected chi connectivity index (χ3v) is 2.44. The highest BCUT2D eigenvalue weighted by Gasteiger charge is 2.34. The van der Waals surface area contributed by atoms with Gasteiger partial charge in [-0.15, -0.1) is 11.3 Å². The first kappa shape index (κ1) is 8.37. The predicted molar refractivity (Wildman–Crippen MR) is 50.9 cm³/mol. The van der Waals surface area contributed by atoms with E-state index in [1.54, 1.807) is 19.4 Å². The van der Waals surface area contributed by atoms with Crippen molar-refractivity contribution in [2.75, 3.05) is 0 Å². The largest absolute Gasteiger partial charge is 0.307 e. The first-order valence-corrected chi connectivity index (χ1v) is 4.84. The van der Waals surface area contributed by atoms with Crippen LogP contribution in [0.3, 0.4) is 0 Å². The first-order valence-electron chi connectivity index (χ1n) is 3.89. The molecule has 0 radical (unpaired) electrons. The summed E-state index contributed by atoms with van der Waals surface area (Å²) in [4.78, 5) is 19.7. The van der Waals surface area contributed by atoms with Gasteiger partial charge in [0.15, 0.2) is 5.84 Å². The number of hydrogen-bond acceptors (Lipinski definition) is 4. The molecule has 1 N–H and O–H groups in total. The van der Waals surface area contributed by atoms with Crippen LogP contribution in [0.1, 0.15) is 19.5 Å².